The molecule has 0 fully saturated rings. The van der Waals surface area contributed by atoms with Gasteiger partial charge >= 0.3 is 0 Å². The number of Topliss-reactive ketones (excluding diaryl/α,β-unsaturated/α-hetero) is 1. The summed E-state index contributed by atoms with van der Waals surface area (Å²) in [4.78, 5) is 11.5. The molecule has 3 nitrogen and oxygen atoms in total. The quantitative estimate of drug-likeness (QED) is 0.779. The van der Waals surface area contributed by atoms with Gasteiger partial charge in [0.15, 0.2) is 5.78 Å². The van der Waals surface area contributed by atoms with Crippen molar-refractivity contribution in [1.29, 1.82) is 5.26 Å². The Labute approximate surface area is 90.4 Å². The summed E-state index contributed by atoms with van der Waals surface area (Å²) in [6, 6.07) is 7.02. The van der Waals surface area contributed by atoms with E-state index in [1.54, 1.807) is 18.2 Å². The van der Waals surface area contributed by atoms with Crippen molar-refractivity contribution in [3.8, 4) is 11.8 Å². The summed E-state index contributed by atoms with van der Waals surface area (Å²) < 4.78 is 5.68. The van der Waals surface area contributed by atoms with E-state index in [-0.39, 0.29) is 12.2 Å². The summed E-state index contributed by atoms with van der Waals surface area (Å²) in [5.74, 6) is 0.247. The van der Waals surface area contributed by atoms with Gasteiger partial charge in [0.2, 0.25) is 0 Å². The minimum absolute atomic E-state index is 0.140. The first kappa shape index (κ1) is 10.7. The highest BCUT2D eigenvalue weighted by molar-refractivity contribution is 9.10. The second kappa shape index (κ2) is 4.77. The van der Waals surface area contributed by atoms with Gasteiger partial charge < -0.3 is 4.74 Å². The molecule has 0 aliphatic carbocycles. The maximum atomic E-state index is 11.5. The molecule has 1 rings (SSSR count). The van der Waals surface area contributed by atoms with E-state index < -0.39 is 0 Å². The Morgan fingerprint density at radius 2 is 2.36 bits per heavy atom. The molecule has 0 spiro atoms. The minimum atomic E-state index is -0.239. The molecular formula is C10H8BrNO2. The second-order valence-electron chi connectivity index (χ2n) is 2.58. The van der Waals surface area contributed by atoms with E-state index in [4.69, 9.17) is 10.00 Å². The van der Waals surface area contributed by atoms with Crippen LogP contribution in [0, 0.1) is 11.3 Å². The summed E-state index contributed by atoms with van der Waals surface area (Å²) >= 11 is 3.25. The molecule has 0 saturated carbocycles. The van der Waals surface area contributed by atoms with Gasteiger partial charge in [-0.1, -0.05) is 6.07 Å². The van der Waals surface area contributed by atoms with Crippen molar-refractivity contribution in [2.45, 2.75) is 6.42 Å². The van der Waals surface area contributed by atoms with Crippen molar-refractivity contribution in [3.05, 3.63) is 28.2 Å². The van der Waals surface area contributed by atoms with Crippen molar-refractivity contribution in [2.75, 3.05) is 7.11 Å². The molecule has 0 aromatic heterocycles. The summed E-state index contributed by atoms with van der Waals surface area (Å²) in [5, 5.41) is 8.43. The molecule has 0 bridgehead atoms. The van der Waals surface area contributed by atoms with Crippen LogP contribution >= 0.6 is 15.9 Å². The largest absolute Gasteiger partial charge is 0.496 e. The smallest absolute Gasteiger partial charge is 0.181 e. The number of carbonyl (C=O) groups is 1. The summed E-state index contributed by atoms with van der Waals surface area (Å²) in [5.41, 5.74) is 0.427. The molecule has 0 radical (unpaired) electrons. The number of ketones is 1. The van der Waals surface area contributed by atoms with Crippen molar-refractivity contribution in [3.63, 3.8) is 0 Å². The maximum Gasteiger partial charge on any atom is 0.181 e. The number of nitrogens with zero attached hydrogens (tertiary/aromatic N) is 1. The fourth-order valence-electron chi connectivity index (χ4n) is 1.11. The molecule has 1 aromatic rings. The number of methoxy groups -OCH3 is 1. The van der Waals surface area contributed by atoms with Crippen LogP contribution in [0.15, 0.2) is 22.7 Å². The van der Waals surface area contributed by atoms with Gasteiger partial charge in [-0.15, -0.1) is 0 Å². The number of ether oxygens (including phenoxy) is 1. The molecule has 0 aliphatic rings. The monoisotopic (exact) mass is 253 g/mol. The number of benzene rings is 1. The third-order valence-corrected chi connectivity index (χ3v) is 2.37. The van der Waals surface area contributed by atoms with Crippen LogP contribution in [-0.4, -0.2) is 12.9 Å². The molecule has 1 aromatic carbocycles. The molecule has 0 amide bonds. The second-order valence-corrected chi connectivity index (χ2v) is 3.43. The fourth-order valence-corrected chi connectivity index (χ4v) is 1.67. The topological polar surface area (TPSA) is 50.1 Å². The molecule has 0 atom stereocenters. The number of halogens is 1. The zero-order valence-electron chi connectivity index (χ0n) is 7.58. The van der Waals surface area contributed by atoms with Gasteiger partial charge in [0.25, 0.3) is 0 Å². The Bertz CT molecular complexity index is 396. The lowest BCUT2D eigenvalue weighted by atomic mass is 10.1. The SMILES string of the molecule is COc1cccc(Br)c1C(=O)CC#N. The van der Waals surface area contributed by atoms with Gasteiger partial charge in [0.05, 0.1) is 25.2 Å². The van der Waals surface area contributed by atoms with E-state index >= 15 is 0 Å². The Balaban J connectivity index is 3.18. The standard InChI is InChI=1S/C10H8BrNO2/c1-14-9-4-2-3-7(11)10(9)8(13)5-6-12/h2-4H,5H2,1H3. The Hall–Kier alpha value is -1.34. The highest BCUT2D eigenvalue weighted by Crippen LogP contribution is 2.27. The van der Waals surface area contributed by atoms with Crippen molar-refractivity contribution in [2.24, 2.45) is 0 Å². The summed E-state index contributed by atoms with van der Waals surface area (Å²) in [6.07, 6.45) is -0.140. The van der Waals surface area contributed by atoms with E-state index in [0.717, 1.165) is 0 Å². The molecule has 4 heteroatoms. The van der Waals surface area contributed by atoms with E-state index in [1.165, 1.54) is 7.11 Å². The van der Waals surface area contributed by atoms with Crippen LogP contribution in [0.1, 0.15) is 16.8 Å². The third-order valence-electron chi connectivity index (χ3n) is 1.71. The van der Waals surface area contributed by atoms with Crippen LogP contribution < -0.4 is 4.74 Å². The Kier molecular flexibility index (Phi) is 3.66. The first-order valence-corrected chi connectivity index (χ1v) is 4.72. The fraction of sp³-hybridized carbons (Fsp3) is 0.200. The van der Waals surface area contributed by atoms with Gasteiger partial charge in [-0.3, -0.25) is 4.79 Å². The van der Waals surface area contributed by atoms with Gasteiger partial charge in [0, 0.05) is 4.47 Å². The summed E-state index contributed by atoms with van der Waals surface area (Å²) in [6.45, 7) is 0. The van der Waals surface area contributed by atoms with Crippen molar-refractivity contribution in [1.82, 2.24) is 0 Å². The first-order chi connectivity index (χ1) is 6.70. The number of hydrogen-bond donors (Lipinski definition) is 0. The first-order valence-electron chi connectivity index (χ1n) is 3.93. The molecular weight excluding hydrogens is 246 g/mol. The highest BCUT2D eigenvalue weighted by Gasteiger charge is 2.14. The van der Waals surface area contributed by atoms with Gasteiger partial charge in [-0.25, -0.2) is 0 Å². The molecule has 72 valence electrons. The zero-order chi connectivity index (χ0) is 10.6. The van der Waals surface area contributed by atoms with Crippen LogP contribution in [0.3, 0.4) is 0 Å². The molecule has 0 saturated heterocycles. The van der Waals surface area contributed by atoms with E-state index in [1.807, 2.05) is 6.07 Å². The average Bonchev–Trinajstić information content (AvgIpc) is 2.17. The predicted molar refractivity (Wildman–Crippen MR) is 55.3 cm³/mol. The lowest BCUT2D eigenvalue weighted by Crippen LogP contribution is -2.02. The van der Waals surface area contributed by atoms with Crippen LogP contribution in [-0.2, 0) is 0 Å². The maximum absolute atomic E-state index is 11.5. The predicted octanol–water partition coefficient (Wildman–Crippen LogP) is 2.55. The highest BCUT2D eigenvalue weighted by atomic mass is 79.9. The Morgan fingerprint density at radius 3 is 2.93 bits per heavy atom. The molecule has 14 heavy (non-hydrogen) atoms. The number of rotatable bonds is 3. The number of nitriles is 1. The van der Waals surface area contributed by atoms with Gasteiger partial charge in [0.1, 0.15) is 5.75 Å². The lowest BCUT2D eigenvalue weighted by molar-refractivity contribution is 0.0994. The van der Waals surface area contributed by atoms with Crippen LogP contribution in [0.25, 0.3) is 0 Å². The third kappa shape index (κ3) is 2.12. The van der Waals surface area contributed by atoms with Gasteiger partial charge in [-0.05, 0) is 28.1 Å². The van der Waals surface area contributed by atoms with Gasteiger partial charge in [-0.2, -0.15) is 5.26 Å². The normalized spacial score (nSPS) is 9.21. The lowest BCUT2D eigenvalue weighted by Gasteiger charge is -2.07. The zero-order valence-corrected chi connectivity index (χ0v) is 9.17. The van der Waals surface area contributed by atoms with Crippen LogP contribution in [0.5, 0.6) is 5.75 Å². The minimum Gasteiger partial charge on any atom is -0.496 e. The summed E-state index contributed by atoms with van der Waals surface area (Å²) in [7, 11) is 1.49. The number of carbonyl (C=O) groups excluding carboxylic acids is 1. The van der Waals surface area contributed by atoms with E-state index in [9.17, 15) is 4.79 Å². The van der Waals surface area contributed by atoms with Crippen LogP contribution in [0.4, 0.5) is 0 Å². The molecule has 0 aliphatic heterocycles. The number of hydrogen-bond acceptors (Lipinski definition) is 3. The average molecular weight is 254 g/mol. The van der Waals surface area contributed by atoms with Crippen molar-refractivity contribution >= 4 is 21.7 Å². The van der Waals surface area contributed by atoms with Crippen LogP contribution in [0.2, 0.25) is 0 Å². The van der Waals surface area contributed by atoms with Crippen molar-refractivity contribution < 1.29 is 9.53 Å². The van der Waals surface area contributed by atoms with E-state index in [2.05, 4.69) is 15.9 Å². The molecule has 0 unspecified atom stereocenters. The molecule has 0 heterocycles. The molecule has 0 N–H and O–H groups in total. The van der Waals surface area contributed by atoms with E-state index in [0.29, 0.717) is 15.8 Å². The Morgan fingerprint density at radius 1 is 1.64 bits per heavy atom.